The zero-order valence-electron chi connectivity index (χ0n) is 10.1. The summed E-state index contributed by atoms with van der Waals surface area (Å²) in [6.45, 7) is 8.55. The van der Waals surface area contributed by atoms with Crippen molar-refractivity contribution < 1.29 is 9.66 Å². The molecule has 0 amide bonds. The van der Waals surface area contributed by atoms with Gasteiger partial charge in [-0.15, -0.1) is 6.58 Å². The summed E-state index contributed by atoms with van der Waals surface area (Å²) < 4.78 is 5.53. The molecule has 0 heterocycles. The van der Waals surface area contributed by atoms with Gasteiger partial charge in [-0.25, -0.2) is 0 Å². The van der Waals surface area contributed by atoms with Gasteiger partial charge in [-0.2, -0.15) is 0 Å². The maximum Gasteiger partial charge on any atom is 0.310 e. The fourth-order valence-electron chi connectivity index (χ4n) is 1.38. The van der Waals surface area contributed by atoms with E-state index < -0.39 is 13.7 Å². The lowest BCUT2D eigenvalue weighted by Crippen LogP contribution is -2.17. The molecule has 1 radical (unpaired) electrons. The molecule has 0 aromatic heterocycles. The number of nitro groups is 1. The first-order valence-corrected chi connectivity index (χ1v) is 7.92. The highest BCUT2D eigenvalue weighted by Gasteiger charge is 2.16. The lowest BCUT2D eigenvalue weighted by Gasteiger charge is -2.15. The molecule has 1 atom stereocenters. The van der Waals surface area contributed by atoms with Crippen molar-refractivity contribution in [3.8, 4) is 5.75 Å². The summed E-state index contributed by atoms with van der Waals surface area (Å²) >= 11 is 0. The molecule has 0 fully saturated rings. The second kappa shape index (κ2) is 6.20. The van der Waals surface area contributed by atoms with Gasteiger partial charge >= 0.3 is 5.69 Å². The molecular formula is C12H16NO3Si. The largest absolute Gasteiger partial charge is 0.487 e. The third-order valence-electron chi connectivity index (χ3n) is 2.51. The summed E-state index contributed by atoms with van der Waals surface area (Å²) in [6.07, 6.45) is 1.86. The number of hydrogen-bond donors (Lipinski definition) is 0. The van der Waals surface area contributed by atoms with Crippen LogP contribution in [0.15, 0.2) is 36.9 Å². The van der Waals surface area contributed by atoms with E-state index in [0.717, 1.165) is 0 Å². The Kier molecular flexibility index (Phi) is 4.90. The minimum absolute atomic E-state index is 0.0105. The number of rotatable bonds is 6. The number of para-hydroxylation sites is 2. The maximum absolute atomic E-state index is 10.8. The molecule has 4 nitrogen and oxygen atoms in total. The van der Waals surface area contributed by atoms with E-state index in [1.54, 1.807) is 18.2 Å². The van der Waals surface area contributed by atoms with Gasteiger partial charge in [0.2, 0.25) is 0 Å². The van der Waals surface area contributed by atoms with Crippen LogP contribution < -0.4 is 4.74 Å². The fourth-order valence-corrected chi connectivity index (χ4v) is 2.27. The molecule has 0 aliphatic carbocycles. The Bertz CT molecular complexity index is 406. The molecule has 91 valence electrons. The highest BCUT2D eigenvalue weighted by Crippen LogP contribution is 2.27. The van der Waals surface area contributed by atoms with Gasteiger partial charge in [0.05, 0.1) is 20.3 Å². The van der Waals surface area contributed by atoms with Crippen LogP contribution in [0.25, 0.3) is 0 Å². The Morgan fingerprint density at radius 3 is 2.71 bits per heavy atom. The lowest BCUT2D eigenvalue weighted by molar-refractivity contribution is -0.385. The monoisotopic (exact) mass is 250 g/mol. The van der Waals surface area contributed by atoms with Gasteiger partial charge in [-0.1, -0.05) is 31.3 Å². The zero-order chi connectivity index (χ0) is 12.8. The van der Waals surface area contributed by atoms with Crippen molar-refractivity contribution in [2.75, 3.05) is 6.61 Å². The van der Waals surface area contributed by atoms with Gasteiger partial charge in [0, 0.05) is 11.6 Å². The number of hydrogen-bond acceptors (Lipinski definition) is 3. The highest BCUT2D eigenvalue weighted by atomic mass is 28.3. The average molecular weight is 250 g/mol. The summed E-state index contributed by atoms with van der Waals surface area (Å²) in [5.74, 6) is 0.326. The predicted molar refractivity (Wildman–Crippen MR) is 70.0 cm³/mol. The molecule has 0 saturated heterocycles. The van der Waals surface area contributed by atoms with E-state index in [9.17, 15) is 10.1 Å². The summed E-state index contributed by atoms with van der Waals surface area (Å²) in [5.41, 5.74) is 0.302. The van der Waals surface area contributed by atoms with E-state index in [4.69, 9.17) is 4.74 Å². The molecule has 1 aromatic carbocycles. The SMILES string of the molecule is C=CC(COc1ccccc1[N+](=O)[O-])[Si](C)C. The van der Waals surface area contributed by atoms with Crippen molar-refractivity contribution in [1.29, 1.82) is 0 Å². The third kappa shape index (κ3) is 3.71. The summed E-state index contributed by atoms with van der Waals surface area (Å²) in [7, 11) is -0.539. The molecule has 0 spiro atoms. The summed E-state index contributed by atoms with van der Waals surface area (Å²) in [4.78, 5) is 10.4. The normalized spacial score (nSPS) is 12.2. The van der Waals surface area contributed by atoms with Gasteiger partial charge < -0.3 is 4.74 Å². The predicted octanol–water partition coefficient (Wildman–Crippen LogP) is 3.28. The quantitative estimate of drug-likeness (QED) is 0.337. The first kappa shape index (κ1) is 13.4. The van der Waals surface area contributed by atoms with E-state index >= 15 is 0 Å². The molecule has 0 bridgehead atoms. The minimum atomic E-state index is -0.539. The van der Waals surface area contributed by atoms with Crippen molar-refractivity contribution >= 4 is 14.5 Å². The van der Waals surface area contributed by atoms with Gasteiger partial charge in [-0.05, 0) is 6.07 Å². The van der Waals surface area contributed by atoms with Crippen LogP contribution in [0, 0.1) is 10.1 Å². The Balaban J connectivity index is 2.75. The van der Waals surface area contributed by atoms with E-state index in [-0.39, 0.29) is 5.69 Å². The molecular weight excluding hydrogens is 234 g/mol. The third-order valence-corrected chi connectivity index (χ3v) is 4.39. The van der Waals surface area contributed by atoms with Crippen molar-refractivity contribution in [1.82, 2.24) is 0 Å². The number of nitro benzene ring substituents is 1. The average Bonchev–Trinajstić information content (AvgIpc) is 2.29. The maximum atomic E-state index is 10.8. The van der Waals surface area contributed by atoms with Crippen LogP contribution in [0.2, 0.25) is 18.6 Å². The van der Waals surface area contributed by atoms with Crippen molar-refractivity contribution in [3.63, 3.8) is 0 Å². The van der Waals surface area contributed by atoms with Gasteiger partial charge in [0.15, 0.2) is 5.75 Å². The van der Waals surface area contributed by atoms with Crippen LogP contribution in [-0.2, 0) is 0 Å². The lowest BCUT2D eigenvalue weighted by atomic mass is 10.3. The van der Waals surface area contributed by atoms with Gasteiger partial charge in [0.1, 0.15) is 0 Å². The Morgan fingerprint density at radius 1 is 1.53 bits per heavy atom. The first-order valence-electron chi connectivity index (χ1n) is 5.35. The van der Waals surface area contributed by atoms with E-state index in [0.29, 0.717) is 17.9 Å². The standard InChI is InChI=1S/C12H16NO3Si/c1-4-10(17(2)3)9-16-12-8-6-5-7-11(12)13(14)15/h4-8,10H,1,9H2,2-3H3. The molecule has 0 saturated carbocycles. The number of ether oxygens (including phenoxy) is 1. The van der Waals surface area contributed by atoms with Crippen LogP contribution in [0.4, 0.5) is 5.69 Å². The number of benzene rings is 1. The van der Waals surface area contributed by atoms with Crippen LogP contribution in [-0.4, -0.2) is 20.3 Å². The fraction of sp³-hybridized carbons (Fsp3) is 0.333. The summed E-state index contributed by atoms with van der Waals surface area (Å²) in [6, 6.07) is 6.43. The molecule has 0 N–H and O–H groups in total. The molecule has 0 aliphatic heterocycles. The molecule has 5 heteroatoms. The van der Waals surface area contributed by atoms with Crippen LogP contribution in [0.5, 0.6) is 5.75 Å². The van der Waals surface area contributed by atoms with E-state index in [1.165, 1.54) is 6.07 Å². The molecule has 1 aromatic rings. The van der Waals surface area contributed by atoms with Crippen molar-refractivity contribution in [2.45, 2.75) is 18.6 Å². The number of nitrogens with zero attached hydrogens (tertiary/aromatic N) is 1. The molecule has 17 heavy (non-hydrogen) atoms. The van der Waals surface area contributed by atoms with Gasteiger partial charge in [0.25, 0.3) is 0 Å². The van der Waals surface area contributed by atoms with Gasteiger partial charge in [-0.3, -0.25) is 10.1 Å². The van der Waals surface area contributed by atoms with Crippen molar-refractivity contribution in [2.24, 2.45) is 0 Å². The highest BCUT2D eigenvalue weighted by molar-refractivity contribution is 6.58. The molecule has 0 aliphatic rings. The Morgan fingerprint density at radius 2 is 2.18 bits per heavy atom. The second-order valence-corrected chi connectivity index (χ2v) is 6.85. The Hall–Kier alpha value is -1.62. The first-order chi connectivity index (χ1) is 8.06. The molecule has 1 rings (SSSR count). The Labute approximate surface area is 103 Å². The summed E-state index contributed by atoms with van der Waals surface area (Å²) in [5, 5.41) is 10.8. The van der Waals surface area contributed by atoms with Crippen molar-refractivity contribution in [3.05, 3.63) is 47.0 Å². The smallest absolute Gasteiger partial charge is 0.310 e. The van der Waals surface area contributed by atoms with Crippen LogP contribution in [0.3, 0.4) is 0 Å². The van der Waals surface area contributed by atoms with E-state index in [2.05, 4.69) is 19.7 Å². The topological polar surface area (TPSA) is 52.4 Å². The van der Waals surface area contributed by atoms with Crippen LogP contribution in [0.1, 0.15) is 0 Å². The minimum Gasteiger partial charge on any atom is -0.487 e. The zero-order valence-corrected chi connectivity index (χ0v) is 11.1. The second-order valence-electron chi connectivity index (χ2n) is 3.96. The van der Waals surface area contributed by atoms with Crippen LogP contribution >= 0.6 is 0 Å². The van der Waals surface area contributed by atoms with E-state index in [1.807, 2.05) is 6.08 Å². The molecule has 1 unspecified atom stereocenters.